The third-order valence-electron chi connectivity index (χ3n) is 5.51. The van der Waals surface area contributed by atoms with Crippen LogP contribution in [0.2, 0.25) is 5.02 Å². The number of nitrogens with zero attached hydrogens (tertiary/aromatic N) is 1. The van der Waals surface area contributed by atoms with Gasteiger partial charge in [0.25, 0.3) is 5.91 Å². The molecule has 10 heteroatoms. The number of hydrogen-bond donors (Lipinski definition) is 2. The van der Waals surface area contributed by atoms with Crippen LogP contribution >= 0.6 is 23.8 Å². The number of anilines is 1. The molecule has 3 aromatic carbocycles. The summed E-state index contributed by atoms with van der Waals surface area (Å²) in [6.45, 7) is 3.31. The highest BCUT2D eigenvalue weighted by molar-refractivity contribution is 7.80. The van der Waals surface area contributed by atoms with Crippen LogP contribution in [0, 0.1) is 0 Å². The van der Waals surface area contributed by atoms with E-state index < -0.39 is 11.5 Å². The molecule has 0 atom stereocenters. The van der Waals surface area contributed by atoms with Gasteiger partial charge in [0.05, 0.1) is 19.7 Å². The molecule has 0 aliphatic rings. The predicted octanol–water partition coefficient (Wildman–Crippen LogP) is 6.37. The number of aromatic nitrogens is 1. The lowest BCUT2D eigenvalue weighted by Crippen LogP contribution is -2.49. The van der Waals surface area contributed by atoms with Crippen LogP contribution in [-0.2, 0) is 4.79 Å². The Labute approximate surface area is 230 Å². The van der Waals surface area contributed by atoms with Crippen molar-refractivity contribution >= 4 is 51.4 Å². The maximum atomic E-state index is 12.8. The summed E-state index contributed by atoms with van der Waals surface area (Å²) in [6.07, 6.45) is 1.67. The summed E-state index contributed by atoms with van der Waals surface area (Å²) < 4.78 is 22.7. The topological polar surface area (TPSA) is 90.9 Å². The standard InChI is InChI=1S/C28H26ClN3O5S/c1-28(2,37-20-9-5-17(29)6-10-20)26(33)32-27(38)31-18-7-11-19(12-8-18)36-23-13-14-30-22-16-25(35-4)24(34-3)15-21(22)23/h5-16H,1-4H3,(H2,31,32,33,38). The first-order chi connectivity index (χ1) is 18.2. The van der Waals surface area contributed by atoms with Crippen molar-refractivity contribution in [2.75, 3.05) is 19.5 Å². The number of hydrogen-bond acceptors (Lipinski definition) is 7. The van der Waals surface area contributed by atoms with E-state index in [4.69, 9.17) is 42.8 Å². The molecule has 4 aromatic rings. The smallest absolute Gasteiger partial charge is 0.269 e. The number of fused-ring (bicyclic) bond motifs is 1. The number of ether oxygens (including phenoxy) is 4. The number of nitrogens with one attached hydrogen (secondary N) is 2. The van der Waals surface area contributed by atoms with E-state index in [2.05, 4.69) is 15.6 Å². The molecule has 196 valence electrons. The lowest BCUT2D eigenvalue weighted by atomic mass is 10.1. The predicted molar refractivity (Wildman–Crippen MR) is 152 cm³/mol. The maximum absolute atomic E-state index is 12.8. The number of methoxy groups -OCH3 is 2. The summed E-state index contributed by atoms with van der Waals surface area (Å²) in [4.78, 5) is 17.1. The minimum Gasteiger partial charge on any atom is -0.493 e. The van der Waals surface area contributed by atoms with Gasteiger partial charge in [0.15, 0.2) is 22.2 Å². The summed E-state index contributed by atoms with van der Waals surface area (Å²) in [5.41, 5.74) is 0.213. The molecule has 0 saturated carbocycles. The quantitative estimate of drug-likeness (QED) is 0.244. The molecule has 0 aliphatic heterocycles. The van der Waals surface area contributed by atoms with Crippen LogP contribution in [0.4, 0.5) is 5.69 Å². The number of carbonyl (C=O) groups is 1. The first-order valence-electron chi connectivity index (χ1n) is 11.5. The van der Waals surface area contributed by atoms with Gasteiger partial charge in [-0.1, -0.05) is 11.6 Å². The van der Waals surface area contributed by atoms with Crippen LogP contribution < -0.4 is 29.6 Å². The van der Waals surface area contributed by atoms with Gasteiger partial charge in [-0.3, -0.25) is 15.1 Å². The van der Waals surface area contributed by atoms with Crippen LogP contribution in [0.15, 0.2) is 72.9 Å². The van der Waals surface area contributed by atoms with Crippen molar-refractivity contribution < 1.29 is 23.7 Å². The minimum atomic E-state index is -1.17. The fraction of sp³-hybridized carbons (Fsp3) is 0.179. The Hall–Kier alpha value is -4.08. The van der Waals surface area contributed by atoms with Gasteiger partial charge in [0.1, 0.15) is 17.2 Å². The summed E-state index contributed by atoms with van der Waals surface area (Å²) in [5.74, 6) is 2.50. The van der Waals surface area contributed by atoms with Gasteiger partial charge in [-0.25, -0.2) is 0 Å². The monoisotopic (exact) mass is 551 g/mol. The van der Waals surface area contributed by atoms with Crippen molar-refractivity contribution in [2.24, 2.45) is 0 Å². The number of thiocarbonyl (C=S) groups is 1. The van der Waals surface area contributed by atoms with E-state index >= 15 is 0 Å². The second-order valence-electron chi connectivity index (χ2n) is 8.63. The second kappa shape index (κ2) is 11.5. The third-order valence-corrected chi connectivity index (χ3v) is 5.96. The van der Waals surface area contributed by atoms with E-state index in [0.717, 1.165) is 5.39 Å². The summed E-state index contributed by atoms with van der Waals surface area (Å²) in [5, 5.41) is 7.15. The summed E-state index contributed by atoms with van der Waals surface area (Å²) >= 11 is 11.2. The molecule has 0 radical (unpaired) electrons. The Bertz CT molecular complexity index is 1460. The largest absolute Gasteiger partial charge is 0.493 e. The molecule has 2 N–H and O–H groups in total. The SMILES string of the molecule is COc1cc2nccc(Oc3ccc(NC(=S)NC(=O)C(C)(C)Oc4ccc(Cl)cc4)cc3)c2cc1OC. The van der Waals surface area contributed by atoms with Gasteiger partial charge < -0.3 is 24.3 Å². The van der Waals surface area contributed by atoms with Gasteiger partial charge in [0.2, 0.25) is 0 Å². The Kier molecular flexibility index (Phi) is 8.19. The van der Waals surface area contributed by atoms with Crippen molar-refractivity contribution in [1.29, 1.82) is 0 Å². The highest BCUT2D eigenvalue weighted by Crippen LogP contribution is 2.37. The average Bonchev–Trinajstić information content (AvgIpc) is 2.90. The molecule has 0 bridgehead atoms. The van der Waals surface area contributed by atoms with E-state index in [9.17, 15) is 4.79 Å². The van der Waals surface area contributed by atoms with Gasteiger partial charge in [-0.15, -0.1) is 0 Å². The normalized spacial score (nSPS) is 11.0. The molecule has 0 unspecified atom stereocenters. The zero-order valence-corrected chi connectivity index (χ0v) is 22.8. The van der Waals surface area contributed by atoms with Crippen molar-refractivity contribution in [1.82, 2.24) is 10.3 Å². The molecule has 8 nitrogen and oxygen atoms in total. The lowest BCUT2D eigenvalue weighted by molar-refractivity contribution is -0.132. The molecule has 38 heavy (non-hydrogen) atoms. The van der Waals surface area contributed by atoms with E-state index in [0.29, 0.717) is 45.0 Å². The lowest BCUT2D eigenvalue weighted by Gasteiger charge is -2.25. The van der Waals surface area contributed by atoms with Crippen LogP contribution in [-0.4, -0.2) is 35.8 Å². The zero-order valence-electron chi connectivity index (χ0n) is 21.2. The van der Waals surface area contributed by atoms with E-state index in [1.54, 1.807) is 94.9 Å². The highest BCUT2D eigenvalue weighted by atomic mass is 35.5. The molecule has 0 saturated heterocycles. The first-order valence-corrected chi connectivity index (χ1v) is 12.3. The molecule has 0 aliphatic carbocycles. The molecule has 1 amide bonds. The van der Waals surface area contributed by atoms with Gasteiger partial charge in [0, 0.05) is 28.4 Å². The fourth-order valence-electron chi connectivity index (χ4n) is 3.53. The van der Waals surface area contributed by atoms with Gasteiger partial charge in [-0.05, 0) is 86.7 Å². The van der Waals surface area contributed by atoms with Crippen LogP contribution in [0.5, 0.6) is 28.7 Å². The van der Waals surface area contributed by atoms with Gasteiger partial charge in [-0.2, -0.15) is 0 Å². The average molecular weight is 552 g/mol. The number of benzene rings is 3. The maximum Gasteiger partial charge on any atom is 0.269 e. The molecule has 0 spiro atoms. The first kappa shape index (κ1) is 27.0. The molecular weight excluding hydrogens is 526 g/mol. The number of rotatable bonds is 8. The summed E-state index contributed by atoms with van der Waals surface area (Å²) in [7, 11) is 3.15. The molecule has 0 fully saturated rings. The second-order valence-corrected chi connectivity index (χ2v) is 9.48. The molecular formula is C28H26ClN3O5S. The Balaban J connectivity index is 1.39. The third kappa shape index (κ3) is 6.42. The fourth-order valence-corrected chi connectivity index (χ4v) is 3.87. The summed E-state index contributed by atoms with van der Waals surface area (Å²) in [6, 6.07) is 19.3. The number of halogens is 1. The Morgan fingerprint density at radius 1 is 0.895 bits per heavy atom. The van der Waals surface area contributed by atoms with E-state index in [1.165, 1.54) is 0 Å². The Morgan fingerprint density at radius 2 is 1.53 bits per heavy atom. The van der Waals surface area contributed by atoms with Crippen LogP contribution in [0.1, 0.15) is 13.8 Å². The van der Waals surface area contributed by atoms with E-state index in [-0.39, 0.29) is 5.11 Å². The number of amides is 1. The molecule has 1 aromatic heterocycles. The van der Waals surface area contributed by atoms with E-state index in [1.807, 2.05) is 6.07 Å². The van der Waals surface area contributed by atoms with Crippen molar-refractivity contribution in [3.63, 3.8) is 0 Å². The number of carbonyl (C=O) groups excluding carboxylic acids is 1. The molecule has 4 rings (SSSR count). The van der Waals surface area contributed by atoms with Crippen LogP contribution in [0.3, 0.4) is 0 Å². The van der Waals surface area contributed by atoms with Crippen molar-refractivity contribution in [3.05, 3.63) is 77.9 Å². The van der Waals surface area contributed by atoms with Crippen LogP contribution in [0.25, 0.3) is 10.9 Å². The van der Waals surface area contributed by atoms with Crippen molar-refractivity contribution in [2.45, 2.75) is 19.4 Å². The van der Waals surface area contributed by atoms with Crippen molar-refractivity contribution in [3.8, 4) is 28.7 Å². The Morgan fingerprint density at radius 3 is 2.18 bits per heavy atom. The number of pyridine rings is 1. The molecule has 1 heterocycles. The zero-order chi connectivity index (χ0) is 27.3. The minimum absolute atomic E-state index is 0.137. The van der Waals surface area contributed by atoms with Gasteiger partial charge >= 0.3 is 0 Å². The highest BCUT2D eigenvalue weighted by Gasteiger charge is 2.30.